The van der Waals surface area contributed by atoms with E-state index in [-0.39, 0.29) is 12.1 Å². The van der Waals surface area contributed by atoms with Crippen molar-refractivity contribution in [1.82, 2.24) is 9.55 Å². The van der Waals surface area contributed by atoms with Gasteiger partial charge in [-0.15, -0.1) is 11.3 Å². The minimum atomic E-state index is -0.476. The number of rotatable bonds is 3. The van der Waals surface area contributed by atoms with E-state index in [2.05, 4.69) is 4.98 Å². The fourth-order valence-corrected chi connectivity index (χ4v) is 4.42. The number of aryl methyl sites for hydroxylation is 3. The summed E-state index contributed by atoms with van der Waals surface area (Å²) >= 11 is 1.60. The molecule has 2 aromatic heterocycles. The molecule has 5 nitrogen and oxygen atoms in total. The Morgan fingerprint density at radius 2 is 2.00 bits per heavy atom. The maximum absolute atomic E-state index is 12.8. The standard InChI is InChI=1S/C19H18N2O3S/c1-12-6-8-13(9-7-12)24-16(22)10-21-11-20-18-17(19(21)23)14-4-2-3-5-15(14)25-18/h6-9,11H,2-5,10H2,1H3. The Morgan fingerprint density at radius 3 is 2.80 bits per heavy atom. The largest absolute Gasteiger partial charge is 0.425 e. The number of carbonyl (C=O) groups is 1. The zero-order valence-corrected chi connectivity index (χ0v) is 14.8. The molecular formula is C19H18N2O3S. The first-order valence-electron chi connectivity index (χ1n) is 8.39. The summed E-state index contributed by atoms with van der Waals surface area (Å²) in [6.45, 7) is 1.83. The molecule has 0 fully saturated rings. The summed E-state index contributed by atoms with van der Waals surface area (Å²) in [6, 6.07) is 7.24. The fourth-order valence-electron chi connectivity index (χ4n) is 3.20. The molecule has 0 spiro atoms. The highest BCUT2D eigenvalue weighted by molar-refractivity contribution is 7.18. The second kappa shape index (κ2) is 6.44. The molecule has 128 valence electrons. The Morgan fingerprint density at radius 1 is 1.24 bits per heavy atom. The van der Waals surface area contributed by atoms with Crippen LogP contribution in [0.2, 0.25) is 0 Å². The van der Waals surface area contributed by atoms with Crippen LogP contribution in [0.5, 0.6) is 5.75 Å². The van der Waals surface area contributed by atoms with Gasteiger partial charge in [0.15, 0.2) is 0 Å². The van der Waals surface area contributed by atoms with Gasteiger partial charge >= 0.3 is 5.97 Å². The summed E-state index contributed by atoms with van der Waals surface area (Å²) < 4.78 is 6.66. The van der Waals surface area contributed by atoms with Crippen molar-refractivity contribution in [2.45, 2.75) is 39.2 Å². The molecule has 0 saturated heterocycles. The highest BCUT2D eigenvalue weighted by Gasteiger charge is 2.20. The number of thiophene rings is 1. The Kier molecular flexibility index (Phi) is 4.13. The number of carbonyl (C=O) groups excluding carboxylic acids is 1. The predicted molar refractivity (Wildman–Crippen MR) is 97.3 cm³/mol. The summed E-state index contributed by atoms with van der Waals surface area (Å²) in [5.74, 6) is 0.00167. The van der Waals surface area contributed by atoms with Crippen molar-refractivity contribution in [3.63, 3.8) is 0 Å². The average Bonchev–Trinajstić information content (AvgIpc) is 2.99. The molecular weight excluding hydrogens is 336 g/mol. The molecule has 3 aromatic rings. The van der Waals surface area contributed by atoms with Crippen LogP contribution in [-0.4, -0.2) is 15.5 Å². The molecule has 0 aliphatic heterocycles. The van der Waals surface area contributed by atoms with E-state index >= 15 is 0 Å². The molecule has 0 saturated carbocycles. The Balaban J connectivity index is 1.61. The summed E-state index contributed by atoms with van der Waals surface area (Å²) in [5, 5.41) is 0.685. The second-order valence-corrected chi connectivity index (χ2v) is 7.44. The zero-order chi connectivity index (χ0) is 17.4. The fraction of sp³-hybridized carbons (Fsp3) is 0.316. The number of esters is 1. The van der Waals surface area contributed by atoms with Crippen LogP contribution in [0.25, 0.3) is 10.2 Å². The van der Waals surface area contributed by atoms with Crippen molar-refractivity contribution in [3.8, 4) is 5.75 Å². The maximum Gasteiger partial charge on any atom is 0.331 e. The summed E-state index contributed by atoms with van der Waals surface area (Å²) in [7, 11) is 0. The quantitative estimate of drug-likeness (QED) is 0.535. The lowest BCUT2D eigenvalue weighted by Crippen LogP contribution is -2.27. The predicted octanol–water partition coefficient (Wildman–Crippen LogP) is 3.25. The molecule has 0 atom stereocenters. The first kappa shape index (κ1) is 16.0. The van der Waals surface area contributed by atoms with Gasteiger partial charge in [-0.3, -0.25) is 9.36 Å². The van der Waals surface area contributed by atoms with E-state index in [1.807, 2.05) is 19.1 Å². The summed E-state index contributed by atoms with van der Waals surface area (Å²) in [4.78, 5) is 31.4. The number of aromatic nitrogens is 2. The minimum absolute atomic E-state index is 0.139. The van der Waals surface area contributed by atoms with Crippen LogP contribution < -0.4 is 10.3 Å². The number of hydrogen-bond donors (Lipinski definition) is 0. The summed E-state index contributed by atoms with van der Waals surface area (Å²) in [5.41, 5.74) is 2.07. The van der Waals surface area contributed by atoms with Crippen LogP contribution in [-0.2, 0) is 24.2 Å². The Bertz CT molecular complexity index is 1000. The van der Waals surface area contributed by atoms with Gasteiger partial charge in [-0.2, -0.15) is 0 Å². The SMILES string of the molecule is Cc1ccc(OC(=O)Cn2cnc3sc4c(c3c2=O)CCCC4)cc1. The smallest absolute Gasteiger partial charge is 0.331 e. The number of nitrogens with zero attached hydrogens (tertiary/aromatic N) is 2. The van der Waals surface area contributed by atoms with Crippen LogP contribution >= 0.6 is 11.3 Å². The molecule has 0 N–H and O–H groups in total. The van der Waals surface area contributed by atoms with E-state index in [1.54, 1.807) is 23.5 Å². The van der Waals surface area contributed by atoms with Crippen LogP contribution in [0, 0.1) is 6.92 Å². The van der Waals surface area contributed by atoms with E-state index in [1.165, 1.54) is 15.8 Å². The molecule has 0 amide bonds. The van der Waals surface area contributed by atoms with E-state index in [0.717, 1.165) is 41.6 Å². The second-order valence-electron chi connectivity index (χ2n) is 6.36. The molecule has 1 aliphatic carbocycles. The normalized spacial score (nSPS) is 13.6. The molecule has 2 heterocycles. The van der Waals surface area contributed by atoms with Crippen molar-refractivity contribution in [3.05, 3.63) is 57.0 Å². The van der Waals surface area contributed by atoms with E-state index in [0.29, 0.717) is 11.1 Å². The van der Waals surface area contributed by atoms with Crippen molar-refractivity contribution in [1.29, 1.82) is 0 Å². The van der Waals surface area contributed by atoms with Gasteiger partial charge in [0.1, 0.15) is 17.1 Å². The van der Waals surface area contributed by atoms with Gasteiger partial charge in [0, 0.05) is 4.88 Å². The van der Waals surface area contributed by atoms with Gasteiger partial charge in [-0.05, 0) is 50.3 Å². The summed E-state index contributed by atoms with van der Waals surface area (Å²) in [6.07, 6.45) is 5.65. The topological polar surface area (TPSA) is 61.2 Å². The van der Waals surface area contributed by atoms with Gasteiger partial charge in [0.25, 0.3) is 5.56 Å². The van der Waals surface area contributed by atoms with E-state index in [4.69, 9.17) is 4.74 Å². The van der Waals surface area contributed by atoms with Gasteiger partial charge in [0.2, 0.25) is 0 Å². The number of fused-ring (bicyclic) bond motifs is 3. The molecule has 0 unspecified atom stereocenters. The monoisotopic (exact) mass is 354 g/mol. The van der Waals surface area contributed by atoms with E-state index < -0.39 is 5.97 Å². The Labute approximate surface area is 148 Å². The lowest BCUT2D eigenvalue weighted by molar-refractivity contribution is -0.135. The van der Waals surface area contributed by atoms with Gasteiger partial charge in [-0.1, -0.05) is 17.7 Å². The molecule has 4 rings (SSSR count). The van der Waals surface area contributed by atoms with Crippen molar-refractivity contribution >= 4 is 27.5 Å². The Hall–Kier alpha value is -2.47. The average molecular weight is 354 g/mol. The van der Waals surface area contributed by atoms with E-state index in [9.17, 15) is 9.59 Å². The molecule has 1 aliphatic rings. The van der Waals surface area contributed by atoms with Crippen molar-refractivity contribution in [2.75, 3.05) is 0 Å². The van der Waals surface area contributed by atoms with Crippen LogP contribution in [0.1, 0.15) is 28.8 Å². The third-order valence-electron chi connectivity index (χ3n) is 4.49. The van der Waals surface area contributed by atoms with Gasteiger partial charge in [-0.25, -0.2) is 9.78 Å². The lowest BCUT2D eigenvalue weighted by Gasteiger charge is -2.10. The maximum atomic E-state index is 12.8. The van der Waals surface area contributed by atoms with Crippen LogP contribution in [0.15, 0.2) is 35.4 Å². The first-order valence-corrected chi connectivity index (χ1v) is 9.20. The lowest BCUT2D eigenvalue weighted by atomic mass is 9.97. The van der Waals surface area contributed by atoms with Gasteiger partial charge in [0.05, 0.1) is 11.7 Å². The number of hydrogen-bond acceptors (Lipinski definition) is 5. The van der Waals surface area contributed by atoms with Crippen LogP contribution in [0.3, 0.4) is 0 Å². The minimum Gasteiger partial charge on any atom is -0.425 e. The van der Waals surface area contributed by atoms with Crippen molar-refractivity contribution in [2.24, 2.45) is 0 Å². The zero-order valence-electron chi connectivity index (χ0n) is 13.9. The van der Waals surface area contributed by atoms with Gasteiger partial charge < -0.3 is 4.74 Å². The molecule has 6 heteroatoms. The van der Waals surface area contributed by atoms with Crippen molar-refractivity contribution < 1.29 is 9.53 Å². The first-order chi connectivity index (χ1) is 12.1. The number of benzene rings is 1. The molecule has 1 aromatic carbocycles. The molecule has 0 radical (unpaired) electrons. The van der Waals surface area contributed by atoms with Crippen LogP contribution in [0.4, 0.5) is 0 Å². The third kappa shape index (κ3) is 3.09. The highest BCUT2D eigenvalue weighted by Crippen LogP contribution is 2.33. The third-order valence-corrected chi connectivity index (χ3v) is 5.69. The highest BCUT2D eigenvalue weighted by atomic mass is 32.1. The molecule has 0 bridgehead atoms. The molecule has 25 heavy (non-hydrogen) atoms. The number of ether oxygens (including phenoxy) is 1.